The second kappa shape index (κ2) is 7.63. The molecule has 2 aromatic heterocycles. The maximum atomic E-state index is 12.1. The van der Waals surface area contributed by atoms with Crippen molar-refractivity contribution in [3.05, 3.63) is 29.5 Å². The molecule has 0 unspecified atom stereocenters. The van der Waals surface area contributed by atoms with Gasteiger partial charge in [0, 0.05) is 31.9 Å². The number of aliphatic carboxylic acids is 1. The number of aromatic nitrogens is 3. The van der Waals surface area contributed by atoms with E-state index in [1.807, 2.05) is 13.8 Å². The first-order chi connectivity index (χ1) is 12.5. The van der Waals surface area contributed by atoms with E-state index in [9.17, 15) is 9.59 Å². The summed E-state index contributed by atoms with van der Waals surface area (Å²) in [5, 5.41) is 12.7. The van der Waals surface area contributed by atoms with Crippen LogP contribution in [0.1, 0.15) is 36.4 Å². The van der Waals surface area contributed by atoms with E-state index in [1.54, 1.807) is 17.3 Å². The van der Waals surface area contributed by atoms with E-state index in [0.29, 0.717) is 25.3 Å². The predicted molar refractivity (Wildman–Crippen MR) is 92.3 cm³/mol. The van der Waals surface area contributed by atoms with Gasteiger partial charge in [-0.3, -0.25) is 19.6 Å². The van der Waals surface area contributed by atoms with Gasteiger partial charge in [0.1, 0.15) is 5.76 Å². The van der Waals surface area contributed by atoms with Gasteiger partial charge >= 0.3 is 5.97 Å². The van der Waals surface area contributed by atoms with E-state index in [4.69, 9.17) is 9.63 Å². The summed E-state index contributed by atoms with van der Waals surface area (Å²) in [6.07, 6.45) is 4.83. The van der Waals surface area contributed by atoms with Crippen LogP contribution in [0.4, 0.5) is 0 Å². The SMILES string of the molecule is Cc1noc(C)c1-c1nccnc1C[C@@H]1CCN(C(=O)CCC(=O)O)C1. The average Bonchev–Trinajstić information content (AvgIpc) is 3.20. The fourth-order valence-electron chi connectivity index (χ4n) is 3.42. The highest BCUT2D eigenvalue weighted by atomic mass is 16.5. The highest BCUT2D eigenvalue weighted by Gasteiger charge is 2.28. The van der Waals surface area contributed by atoms with Crippen LogP contribution in [0.2, 0.25) is 0 Å². The van der Waals surface area contributed by atoms with Gasteiger partial charge in [-0.15, -0.1) is 0 Å². The van der Waals surface area contributed by atoms with Gasteiger partial charge in [-0.25, -0.2) is 0 Å². The van der Waals surface area contributed by atoms with Gasteiger partial charge in [-0.2, -0.15) is 0 Å². The molecule has 1 aliphatic rings. The van der Waals surface area contributed by atoms with Crippen LogP contribution in [0.3, 0.4) is 0 Å². The van der Waals surface area contributed by atoms with Crippen molar-refractivity contribution in [1.29, 1.82) is 0 Å². The number of rotatable bonds is 6. The van der Waals surface area contributed by atoms with Gasteiger partial charge in [0.15, 0.2) is 0 Å². The van der Waals surface area contributed by atoms with E-state index < -0.39 is 5.97 Å². The number of hydrogen-bond acceptors (Lipinski definition) is 6. The highest BCUT2D eigenvalue weighted by molar-refractivity contribution is 5.80. The van der Waals surface area contributed by atoms with Crippen LogP contribution < -0.4 is 0 Å². The molecule has 0 aliphatic carbocycles. The summed E-state index contributed by atoms with van der Waals surface area (Å²) in [5.41, 5.74) is 3.30. The molecule has 0 spiro atoms. The Hall–Kier alpha value is -2.77. The van der Waals surface area contributed by atoms with Crippen molar-refractivity contribution in [1.82, 2.24) is 20.0 Å². The normalized spacial score (nSPS) is 16.8. The molecule has 1 aliphatic heterocycles. The molecule has 2 aromatic rings. The van der Waals surface area contributed by atoms with Gasteiger partial charge in [0.05, 0.1) is 29.1 Å². The Kier molecular flexibility index (Phi) is 5.29. The lowest BCUT2D eigenvalue weighted by molar-refractivity contribution is -0.140. The zero-order chi connectivity index (χ0) is 18.7. The Bertz CT molecular complexity index is 798. The number of carbonyl (C=O) groups excluding carboxylic acids is 1. The van der Waals surface area contributed by atoms with Crippen molar-refractivity contribution < 1.29 is 19.2 Å². The summed E-state index contributed by atoms with van der Waals surface area (Å²) < 4.78 is 5.25. The number of likely N-dealkylation sites (tertiary alicyclic amines) is 1. The molecule has 8 nitrogen and oxygen atoms in total. The summed E-state index contributed by atoms with van der Waals surface area (Å²) in [6, 6.07) is 0. The molecule has 1 amide bonds. The third kappa shape index (κ3) is 3.89. The lowest BCUT2D eigenvalue weighted by atomic mass is 9.98. The summed E-state index contributed by atoms with van der Waals surface area (Å²) in [6.45, 7) is 5.01. The summed E-state index contributed by atoms with van der Waals surface area (Å²) in [7, 11) is 0. The molecule has 1 atom stereocenters. The van der Waals surface area contributed by atoms with Crippen molar-refractivity contribution in [3.8, 4) is 11.3 Å². The molecular formula is C18H22N4O4. The first-order valence-electron chi connectivity index (χ1n) is 8.68. The minimum Gasteiger partial charge on any atom is -0.481 e. The highest BCUT2D eigenvalue weighted by Crippen LogP contribution is 2.30. The summed E-state index contributed by atoms with van der Waals surface area (Å²) >= 11 is 0. The summed E-state index contributed by atoms with van der Waals surface area (Å²) in [5.74, 6) is -0.0569. The summed E-state index contributed by atoms with van der Waals surface area (Å²) in [4.78, 5) is 33.5. The van der Waals surface area contributed by atoms with Crippen molar-refractivity contribution in [2.45, 2.75) is 39.5 Å². The Labute approximate surface area is 151 Å². The molecule has 0 radical (unpaired) electrons. The van der Waals surface area contributed by atoms with Gasteiger partial charge in [-0.05, 0) is 32.6 Å². The number of amides is 1. The second-order valence-corrected chi connectivity index (χ2v) is 6.64. The third-order valence-corrected chi connectivity index (χ3v) is 4.72. The van der Waals surface area contributed by atoms with Crippen molar-refractivity contribution >= 4 is 11.9 Å². The molecule has 0 bridgehead atoms. The Balaban J connectivity index is 1.69. The van der Waals surface area contributed by atoms with Crippen molar-refractivity contribution in [3.63, 3.8) is 0 Å². The standard InChI is InChI=1S/C18H22N4O4/c1-11-17(12(2)26-21-11)18-14(19-6-7-20-18)9-13-5-8-22(10-13)15(23)3-4-16(24)25/h6-7,13H,3-5,8-10H2,1-2H3,(H,24,25)/t13-/m0/s1. The molecule has 26 heavy (non-hydrogen) atoms. The van der Waals surface area contributed by atoms with Crippen LogP contribution in [-0.2, 0) is 16.0 Å². The molecule has 3 heterocycles. The van der Waals surface area contributed by atoms with Crippen LogP contribution in [0.15, 0.2) is 16.9 Å². The van der Waals surface area contributed by atoms with Crippen molar-refractivity contribution in [2.75, 3.05) is 13.1 Å². The van der Waals surface area contributed by atoms with E-state index in [1.165, 1.54) is 0 Å². The lowest BCUT2D eigenvalue weighted by Gasteiger charge is -2.16. The Morgan fingerprint density at radius 3 is 2.73 bits per heavy atom. The largest absolute Gasteiger partial charge is 0.481 e. The number of aryl methyl sites for hydroxylation is 2. The molecule has 138 valence electrons. The molecule has 3 rings (SSSR count). The maximum Gasteiger partial charge on any atom is 0.303 e. The number of carboxylic acids is 1. The monoisotopic (exact) mass is 358 g/mol. The molecule has 0 aromatic carbocycles. The maximum absolute atomic E-state index is 12.1. The Morgan fingerprint density at radius 1 is 1.27 bits per heavy atom. The Morgan fingerprint density at radius 2 is 2.04 bits per heavy atom. The zero-order valence-electron chi connectivity index (χ0n) is 14.9. The van der Waals surface area contributed by atoms with E-state index in [2.05, 4.69) is 15.1 Å². The fraction of sp³-hybridized carbons (Fsp3) is 0.500. The van der Waals surface area contributed by atoms with E-state index in [-0.39, 0.29) is 24.7 Å². The van der Waals surface area contributed by atoms with Gasteiger partial charge in [0.2, 0.25) is 5.91 Å². The van der Waals surface area contributed by atoms with Crippen LogP contribution in [-0.4, -0.2) is 50.1 Å². The average molecular weight is 358 g/mol. The molecular weight excluding hydrogens is 336 g/mol. The minimum atomic E-state index is -0.947. The van der Waals surface area contributed by atoms with Crippen LogP contribution in [0.5, 0.6) is 0 Å². The molecule has 1 fully saturated rings. The lowest BCUT2D eigenvalue weighted by Crippen LogP contribution is -2.29. The van der Waals surface area contributed by atoms with Gasteiger partial charge < -0.3 is 14.5 Å². The fourth-order valence-corrected chi connectivity index (χ4v) is 3.42. The molecule has 0 saturated carbocycles. The van der Waals surface area contributed by atoms with E-state index >= 15 is 0 Å². The molecule has 1 N–H and O–H groups in total. The number of nitrogens with zero attached hydrogens (tertiary/aromatic N) is 4. The van der Waals surface area contributed by atoms with Gasteiger partial charge in [-0.1, -0.05) is 5.16 Å². The van der Waals surface area contributed by atoms with Crippen LogP contribution in [0.25, 0.3) is 11.3 Å². The first kappa shape index (κ1) is 18.0. The number of carboxylic acid groups (broad SMARTS) is 1. The number of carbonyl (C=O) groups is 2. The predicted octanol–water partition coefficient (Wildman–Crippen LogP) is 2.00. The zero-order valence-corrected chi connectivity index (χ0v) is 14.9. The number of hydrogen-bond donors (Lipinski definition) is 1. The minimum absolute atomic E-state index is 0.0531. The second-order valence-electron chi connectivity index (χ2n) is 6.64. The topological polar surface area (TPSA) is 109 Å². The molecule has 1 saturated heterocycles. The van der Waals surface area contributed by atoms with Gasteiger partial charge in [0.25, 0.3) is 0 Å². The molecule has 8 heteroatoms. The smallest absolute Gasteiger partial charge is 0.303 e. The van der Waals surface area contributed by atoms with E-state index in [0.717, 1.165) is 29.1 Å². The third-order valence-electron chi connectivity index (χ3n) is 4.72. The first-order valence-corrected chi connectivity index (χ1v) is 8.68. The quantitative estimate of drug-likeness (QED) is 0.841. The van der Waals surface area contributed by atoms with Crippen LogP contribution in [0, 0.1) is 19.8 Å². The van der Waals surface area contributed by atoms with Crippen LogP contribution >= 0.6 is 0 Å². The van der Waals surface area contributed by atoms with Crippen molar-refractivity contribution in [2.24, 2.45) is 5.92 Å².